The number of likely N-dealkylation sites (tertiary alicyclic amines) is 1. The highest BCUT2D eigenvalue weighted by Gasteiger charge is 2.14. The van der Waals surface area contributed by atoms with Gasteiger partial charge in [-0.2, -0.15) is 0 Å². The molecule has 1 aliphatic heterocycles. The third kappa shape index (κ3) is 2.83. The van der Waals surface area contributed by atoms with E-state index in [4.69, 9.17) is 5.73 Å². The first-order chi connectivity index (χ1) is 7.77. The summed E-state index contributed by atoms with van der Waals surface area (Å²) in [7, 11) is 0. The van der Waals surface area contributed by atoms with Crippen molar-refractivity contribution in [3.8, 4) is 0 Å². The molecule has 0 spiro atoms. The van der Waals surface area contributed by atoms with Crippen molar-refractivity contribution in [2.24, 2.45) is 5.73 Å². The van der Waals surface area contributed by atoms with Gasteiger partial charge in [-0.3, -0.25) is 0 Å². The summed E-state index contributed by atoms with van der Waals surface area (Å²) in [4.78, 5) is 2.53. The topological polar surface area (TPSA) is 29.3 Å². The quantitative estimate of drug-likeness (QED) is 0.841. The molecule has 0 aliphatic carbocycles. The highest BCUT2D eigenvalue weighted by molar-refractivity contribution is 5.28. The summed E-state index contributed by atoms with van der Waals surface area (Å²) in [5.74, 6) is 0. The summed E-state index contributed by atoms with van der Waals surface area (Å²) in [6.07, 6.45) is 3.80. The van der Waals surface area contributed by atoms with E-state index >= 15 is 0 Å². The second-order valence-corrected chi connectivity index (χ2v) is 4.80. The highest BCUT2D eigenvalue weighted by atomic mass is 15.1. The lowest BCUT2D eigenvalue weighted by Crippen LogP contribution is -2.24. The van der Waals surface area contributed by atoms with Gasteiger partial charge in [0.15, 0.2) is 0 Å². The molecule has 0 radical (unpaired) electrons. The van der Waals surface area contributed by atoms with Crippen molar-refractivity contribution in [2.75, 3.05) is 19.6 Å². The first kappa shape index (κ1) is 11.6. The van der Waals surface area contributed by atoms with Gasteiger partial charge < -0.3 is 10.6 Å². The first-order valence-electron chi connectivity index (χ1n) is 6.31. The Labute approximate surface area is 98.4 Å². The van der Waals surface area contributed by atoms with Crippen molar-refractivity contribution in [3.05, 3.63) is 35.4 Å². The van der Waals surface area contributed by atoms with E-state index in [9.17, 15) is 0 Å². The third-order valence-corrected chi connectivity index (χ3v) is 3.54. The van der Waals surface area contributed by atoms with E-state index in [1.165, 1.54) is 37.1 Å². The van der Waals surface area contributed by atoms with E-state index in [0.29, 0.717) is 0 Å². The van der Waals surface area contributed by atoms with Gasteiger partial charge in [0, 0.05) is 6.04 Å². The van der Waals surface area contributed by atoms with Crippen LogP contribution in [0.4, 0.5) is 0 Å². The molecule has 1 aromatic carbocycles. The van der Waals surface area contributed by atoms with Crippen molar-refractivity contribution in [2.45, 2.75) is 32.2 Å². The molecule has 2 rings (SSSR count). The Hall–Kier alpha value is -0.860. The van der Waals surface area contributed by atoms with Gasteiger partial charge in [0.2, 0.25) is 0 Å². The van der Waals surface area contributed by atoms with Crippen LogP contribution in [0.25, 0.3) is 0 Å². The molecule has 2 nitrogen and oxygen atoms in total. The van der Waals surface area contributed by atoms with Crippen LogP contribution in [0.15, 0.2) is 24.3 Å². The lowest BCUT2D eigenvalue weighted by molar-refractivity contribution is 0.322. The minimum atomic E-state index is 0.196. The highest BCUT2D eigenvalue weighted by Crippen LogP contribution is 2.19. The number of aryl methyl sites for hydroxylation is 1. The van der Waals surface area contributed by atoms with E-state index in [0.717, 1.165) is 13.0 Å². The minimum absolute atomic E-state index is 0.196. The van der Waals surface area contributed by atoms with Crippen LogP contribution in [0.5, 0.6) is 0 Å². The Morgan fingerprint density at radius 1 is 1.25 bits per heavy atom. The largest absolute Gasteiger partial charge is 0.324 e. The van der Waals surface area contributed by atoms with Gasteiger partial charge in [0.05, 0.1) is 0 Å². The second kappa shape index (κ2) is 5.46. The smallest absolute Gasteiger partial charge is 0.0309 e. The van der Waals surface area contributed by atoms with Gasteiger partial charge in [-0.15, -0.1) is 0 Å². The average Bonchev–Trinajstić information content (AvgIpc) is 2.79. The van der Waals surface area contributed by atoms with Gasteiger partial charge in [0.1, 0.15) is 0 Å². The molecule has 1 heterocycles. The Bertz CT molecular complexity index is 329. The monoisotopic (exact) mass is 218 g/mol. The molecule has 16 heavy (non-hydrogen) atoms. The maximum Gasteiger partial charge on any atom is 0.0309 e. The van der Waals surface area contributed by atoms with Crippen molar-refractivity contribution < 1.29 is 0 Å². The van der Waals surface area contributed by atoms with Gasteiger partial charge in [-0.1, -0.05) is 24.3 Å². The Morgan fingerprint density at radius 2 is 1.94 bits per heavy atom. The molecule has 1 aliphatic rings. The molecule has 0 bridgehead atoms. The third-order valence-electron chi connectivity index (χ3n) is 3.54. The Morgan fingerprint density at radius 3 is 2.62 bits per heavy atom. The molecule has 88 valence electrons. The zero-order chi connectivity index (χ0) is 11.4. The van der Waals surface area contributed by atoms with E-state index in [1.54, 1.807) is 0 Å². The van der Waals surface area contributed by atoms with Crippen LogP contribution in [0.1, 0.15) is 36.4 Å². The maximum absolute atomic E-state index is 6.25. The van der Waals surface area contributed by atoms with Crippen LogP contribution in [-0.4, -0.2) is 24.5 Å². The van der Waals surface area contributed by atoms with E-state index in [2.05, 4.69) is 36.1 Å². The summed E-state index contributed by atoms with van der Waals surface area (Å²) in [6, 6.07) is 8.65. The van der Waals surface area contributed by atoms with Crippen LogP contribution < -0.4 is 5.73 Å². The number of benzene rings is 1. The van der Waals surface area contributed by atoms with E-state index in [-0.39, 0.29) is 6.04 Å². The van der Waals surface area contributed by atoms with Crippen molar-refractivity contribution in [3.63, 3.8) is 0 Å². The van der Waals surface area contributed by atoms with Crippen LogP contribution in [0.3, 0.4) is 0 Å². The summed E-state index contributed by atoms with van der Waals surface area (Å²) >= 11 is 0. The van der Waals surface area contributed by atoms with E-state index in [1.807, 2.05) is 0 Å². The van der Waals surface area contributed by atoms with Crippen molar-refractivity contribution >= 4 is 0 Å². The molecule has 2 N–H and O–H groups in total. The second-order valence-electron chi connectivity index (χ2n) is 4.80. The van der Waals surface area contributed by atoms with Crippen LogP contribution in [0, 0.1) is 6.92 Å². The number of hydrogen-bond donors (Lipinski definition) is 1. The summed E-state index contributed by atoms with van der Waals surface area (Å²) in [5, 5.41) is 0. The molecule has 0 aromatic heterocycles. The van der Waals surface area contributed by atoms with Crippen LogP contribution >= 0.6 is 0 Å². The normalized spacial score (nSPS) is 18.9. The van der Waals surface area contributed by atoms with Crippen LogP contribution in [-0.2, 0) is 0 Å². The number of hydrogen-bond acceptors (Lipinski definition) is 2. The first-order valence-corrected chi connectivity index (χ1v) is 6.31. The summed E-state index contributed by atoms with van der Waals surface area (Å²) in [5.41, 5.74) is 8.87. The standard InChI is InChI=1S/C14H22N2/c1-12-6-2-3-7-13(12)14(15)8-11-16-9-4-5-10-16/h2-3,6-7,14H,4-5,8-11,15H2,1H3. The molecular formula is C14H22N2. The molecule has 1 fully saturated rings. The SMILES string of the molecule is Cc1ccccc1C(N)CCN1CCCC1. The predicted molar refractivity (Wildman–Crippen MR) is 68.4 cm³/mol. The van der Waals surface area contributed by atoms with Gasteiger partial charge in [0.25, 0.3) is 0 Å². The molecule has 0 saturated carbocycles. The maximum atomic E-state index is 6.25. The lowest BCUT2D eigenvalue weighted by atomic mass is 9.99. The number of nitrogens with zero attached hydrogens (tertiary/aromatic N) is 1. The lowest BCUT2D eigenvalue weighted by Gasteiger charge is -2.19. The molecule has 1 atom stereocenters. The fraction of sp³-hybridized carbons (Fsp3) is 0.571. The molecular weight excluding hydrogens is 196 g/mol. The van der Waals surface area contributed by atoms with Crippen LogP contribution in [0.2, 0.25) is 0 Å². The number of rotatable bonds is 4. The fourth-order valence-corrected chi connectivity index (χ4v) is 2.49. The van der Waals surface area contributed by atoms with Gasteiger partial charge >= 0.3 is 0 Å². The predicted octanol–water partition coefficient (Wildman–Crippen LogP) is 2.48. The number of nitrogens with two attached hydrogens (primary N) is 1. The zero-order valence-corrected chi connectivity index (χ0v) is 10.2. The Balaban J connectivity index is 1.87. The minimum Gasteiger partial charge on any atom is -0.324 e. The zero-order valence-electron chi connectivity index (χ0n) is 10.2. The fourth-order valence-electron chi connectivity index (χ4n) is 2.49. The molecule has 1 unspecified atom stereocenters. The molecule has 1 aromatic rings. The molecule has 0 amide bonds. The molecule has 1 saturated heterocycles. The average molecular weight is 218 g/mol. The van der Waals surface area contributed by atoms with Crippen molar-refractivity contribution in [1.82, 2.24) is 4.90 Å². The van der Waals surface area contributed by atoms with Crippen molar-refractivity contribution in [1.29, 1.82) is 0 Å². The Kier molecular flexibility index (Phi) is 3.97. The van der Waals surface area contributed by atoms with Gasteiger partial charge in [-0.25, -0.2) is 0 Å². The molecule has 2 heteroatoms. The van der Waals surface area contributed by atoms with E-state index < -0.39 is 0 Å². The summed E-state index contributed by atoms with van der Waals surface area (Å²) in [6.45, 7) is 5.82. The van der Waals surface area contributed by atoms with Gasteiger partial charge in [-0.05, 0) is 56.9 Å². The summed E-state index contributed by atoms with van der Waals surface area (Å²) < 4.78 is 0.